The van der Waals surface area contributed by atoms with Crippen molar-refractivity contribution in [1.82, 2.24) is 4.90 Å². The van der Waals surface area contributed by atoms with E-state index >= 15 is 0 Å². The maximum Gasteiger partial charge on any atom is 0.416 e. The molecule has 1 atom stereocenters. The summed E-state index contributed by atoms with van der Waals surface area (Å²) in [5, 5.41) is 9.39. The first kappa shape index (κ1) is 21.5. The van der Waals surface area contributed by atoms with Crippen LogP contribution < -0.4 is 0 Å². The Labute approximate surface area is 163 Å². The second-order valence-electron chi connectivity index (χ2n) is 6.65. The van der Waals surface area contributed by atoms with E-state index in [1.165, 1.54) is 11.6 Å². The van der Waals surface area contributed by atoms with E-state index < -0.39 is 11.7 Å². The lowest BCUT2D eigenvalue weighted by atomic mass is 10.1. The first-order valence-electron chi connectivity index (χ1n) is 8.75. The Hall–Kier alpha value is -1.82. The molecule has 0 amide bonds. The van der Waals surface area contributed by atoms with Gasteiger partial charge in [-0.25, -0.2) is 0 Å². The first-order valence-corrected chi connectivity index (χ1v) is 8.75. The predicted octanol–water partition coefficient (Wildman–Crippen LogP) is 5.25. The zero-order chi connectivity index (χ0) is 18.6. The molecule has 1 aliphatic rings. The van der Waals surface area contributed by atoms with Crippen molar-refractivity contribution in [3.05, 3.63) is 70.8 Å². The molecule has 1 aliphatic heterocycles. The van der Waals surface area contributed by atoms with Crippen LogP contribution in [0, 0.1) is 0 Å². The molecule has 1 fully saturated rings. The highest BCUT2D eigenvalue weighted by Gasteiger charge is 2.30. The van der Waals surface area contributed by atoms with Crippen LogP contribution in [-0.4, -0.2) is 29.2 Å². The van der Waals surface area contributed by atoms with Crippen LogP contribution in [0.2, 0.25) is 0 Å². The van der Waals surface area contributed by atoms with Crippen molar-refractivity contribution >= 4 is 24.6 Å². The van der Waals surface area contributed by atoms with Crippen LogP contribution in [0.15, 0.2) is 48.5 Å². The molecule has 1 heterocycles. The molecule has 27 heavy (non-hydrogen) atoms. The quantitative estimate of drug-likeness (QED) is 0.696. The summed E-state index contributed by atoms with van der Waals surface area (Å²) in [6.07, 6.45) is 1.32. The molecule has 0 unspecified atom stereocenters. The molecule has 2 nitrogen and oxygen atoms in total. The van der Waals surface area contributed by atoms with E-state index in [2.05, 4.69) is 4.90 Å². The summed E-state index contributed by atoms with van der Waals surface area (Å²) in [6, 6.07) is 13.5. The minimum atomic E-state index is -4.33. The number of aliphatic hydroxyl groups excluding tert-OH is 1. The number of nitrogens with zero attached hydrogens (tertiary/aromatic N) is 1. The average Bonchev–Trinajstić information content (AvgIpc) is 3.08. The van der Waals surface area contributed by atoms with Crippen LogP contribution in [0.4, 0.5) is 13.2 Å². The molecular weight excluding hydrogens is 375 g/mol. The maximum absolute atomic E-state index is 12.8. The van der Waals surface area contributed by atoms with Crippen molar-refractivity contribution in [3.63, 3.8) is 0 Å². The molecule has 6 heteroatoms. The standard InChI is InChI=1S/C21H22F3NO.ClH/c22-21(23,24)19-4-1-3-17(13-19)9-6-16-7-10-18(11-8-16)14-25-12-2-5-20(25)15-26;/h1,3-4,6-11,13,20,26H,2,5,12,14-15H2;1H/b9-6+;/t20-;/m1./s1. The lowest BCUT2D eigenvalue weighted by Crippen LogP contribution is -2.31. The molecule has 0 bridgehead atoms. The largest absolute Gasteiger partial charge is 0.416 e. The van der Waals surface area contributed by atoms with E-state index in [-0.39, 0.29) is 25.1 Å². The van der Waals surface area contributed by atoms with Gasteiger partial charge in [0.25, 0.3) is 0 Å². The summed E-state index contributed by atoms with van der Waals surface area (Å²) >= 11 is 0. The van der Waals surface area contributed by atoms with Gasteiger partial charge in [0.2, 0.25) is 0 Å². The van der Waals surface area contributed by atoms with Gasteiger partial charge in [0.15, 0.2) is 0 Å². The molecule has 146 valence electrons. The number of benzene rings is 2. The molecule has 0 radical (unpaired) electrons. The van der Waals surface area contributed by atoms with E-state index in [0.29, 0.717) is 5.56 Å². The lowest BCUT2D eigenvalue weighted by Gasteiger charge is -2.22. The topological polar surface area (TPSA) is 23.5 Å². The normalized spacial score (nSPS) is 18.0. The lowest BCUT2D eigenvalue weighted by molar-refractivity contribution is -0.137. The third-order valence-electron chi connectivity index (χ3n) is 4.76. The van der Waals surface area contributed by atoms with Crippen LogP contribution in [0.5, 0.6) is 0 Å². The van der Waals surface area contributed by atoms with Gasteiger partial charge in [-0.15, -0.1) is 12.4 Å². The summed E-state index contributed by atoms with van der Waals surface area (Å²) in [5.41, 5.74) is 1.98. The zero-order valence-corrected chi connectivity index (χ0v) is 15.6. The van der Waals surface area contributed by atoms with Crippen LogP contribution in [-0.2, 0) is 12.7 Å². The highest BCUT2D eigenvalue weighted by atomic mass is 35.5. The molecule has 1 N–H and O–H groups in total. The SMILES string of the molecule is Cl.OC[C@H]1CCCN1Cc1ccc(/C=C/c2cccc(C(F)(F)F)c2)cc1. The molecule has 2 aromatic carbocycles. The monoisotopic (exact) mass is 397 g/mol. The maximum atomic E-state index is 12.8. The Kier molecular flexibility index (Phi) is 7.48. The molecule has 1 saturated heterocycles. The fourth-order valence-corrected chi connectivity index (χ4v) is 3.29. The summed E-state index contributed by atoms with van der Waals surface area (Å²) < 4.78 is 38.3. The number of alkyl halides is 3. The molecule has 0 aromatic heterocycles. The number of halogens is 4. The Bertz CT molecular complexity index is 759. The van der Waals surface area contributed by atoms with Crippen molar-refractivity contribution in [2.24, 2.45) is 0 Å². The van der Waals surface area contributed by atoms with Crippen molar-refractivity contribution in [2.45, 2.75) is 31.6 Å². The van der Waals surface area contributed by atoms with Crippen LogP contribution in [0.1, 0.15) is 35.1 Å². The van der Waals surface area contributed by atoms with Gasteiger partial charge in [0.05, 0.1) is 12.2 Å². The van der Waals surface area contributed by atoms with Crippen LogP contribution in [0.3, 0.4) is 0 Å². The van der Waals surface area contributed by atoms with Crippen molar-refractivity contribution in [2.75, 3.05) is 13.2 Å². The van der Waals surface area contributed by atoms with E-state index in [0.717, 1.165) is 43.6 Å². The van der Waals surface area contributed by atoms with Gasteiger partial charge in [-0.3, -0.25) is 4.90 Å². The number of hydrogen-bond donors (Lipinski definition) is 1. The summed E-state index contributed by atoms with van der Waals surface area (Å²) in [7, 11) is 0. The Balaban J connectivity index is 0.00000261. The van der Waals surface area contributed by atoms with Crippen molar-refractivity contribution < 1.29 is 18.3 Å². The van der Waals surface area contributed by atoms with E-state index in [4.69, 9.17) is 0 Å². The molecule has 3 rings (SSSR count). The minimum Gasteiger partial charge on any atom is -0.395 e. The Morgan fingerprint density at radius 1 is 1.04 bits per heavy atom. The third kappa shape index (κ3) is 5.83. The summed E-state index contributed by atoms with van der Waals surface area (Å²) in [5.74, 6) is 0. The van der Waals surface area contributed by atoms with Crippen LogP contribution >= 0.6 is 12.4 Å². The molecule has 0 spiro atoms. The average molecular weight is 398 g/mol. The fourth-order valence-electron chi connectivity index (χ4n) is 3.29. The van der Waals surface area contributed by atoms with E-state index in [1.54, 1.807) is 12.1 Å². The Morgan fingerprint density at radius 3 is 2.41 bits per heavy atom. The van der Waals surface area contributed by atoms with Gasteiger partial charge < -0.3 is 5.11 Å². The second kappa shape index (κ2) is 9.40. The number of likely N-dealkylation sites (tertiary alicyclic amines) is 1. The first-order chi connectivity index (χ1) is 12.5. The van der Waals surface area contributed by atoms with Crippen LogP contribution in [0.25, 0.3) is 12.2 Å². The highest BCUT2D eigenvalue weighted by molar-refractivity contribution is 5.85. The van der Waals surface area contributed by atoms with Gasteiger partial charge in [0.1, 0.15) is 0 Å². The predicted molar refractivity (Wildman–Crippen MR) is 105 cm³/mol. The summed E-state index contributed by atoms with van der Waals surface area (Å²) in [6.45, 7) is 2.00. The number of rotatable bonds is 5. The van der Waals surface area contributed by atoms with Gasteiger partial charge in [0, 0.05) is 12.6 Å². The smallest absolute Gasteiger partial charge is 0.395 e. The number of hydrogen-bond acceptors (Lipinski definition) is 2. The number of aliphatic hydroxyl groups is 1. The molecule has 0 saturated carbocycles. The third-order valence-corrected chi connectivity index (χ3v) is 4.76. The molecule has 0 aliphatic carbocycles. The van der Waals surface area contributed by atoms with Gasteiger partial charge in [-0.2, -0.15) is 13.2 Å². The van der Waals surface area contributed by atoms with E-state index in [1.807, 2.05) is 30.3 Å². The highest BCUT2D eigenvalue weighted by Crippen LogP contribution is 2.30. The van der Waals surface area contributed by atoms with Gasteiger partial charge in [-0.05, 0) is 48.2 Å². The van der Waals surface area contributed by atoms with Crippen molar-refractivity contribution in [1.29, 1.82) is 0 Å². The molecular formula is C21H23ClF3NO. The minimum absolute atomic E-state index is 0. The van der Waals surface area contributed by atoms with Gasteiger partial charge in [-0.1, -0.05) is 48.6 Å². The summed E-state index contributed by atoms with van der Waals surface area (Å²) in [4.78, 5) is 2.29. The van der Waals surface area contributed by atoms with Gasteiger partial charge >= 0.3 is 6.18 Å². The Morgan fingerprint density at radius 2 is 1.74 bits per heavy atom. The molecule has 2 aromatic rings. The second-order valence-corrected chi connectivity index (χ2v) is 6.65. The van der Waals surface area contributed by atoms with E-state index in [9.17, 15) is 18.3 Å². The zero-order valence-electron chi connectivity index (χ0n) is 14.8. The fraction of sp³-hybridized carbons (Fsp3) is 0.333. The van der Waals surface area contributed by atoms with Crippen molar-refractivity contribution in [3.8, 4) is 0 Å².